The number of nitrogens with two attached hydrogens (primary N) is 1. The zero-order chi connectivity index (χ0) is 30.6. The van der Waals surface area contributed by atoms with E-state index in [1.165, 1.54) is 35.4 Å². The first-order valence-electron chi connectivity index (χ1n) is 12.9. The van der Waals surface area contributed by atoms with Crippen molar-refractivity contribution in [2.45, 2.75) is 49.5 Å². The third-order valence-electron chi connectivity index (χ3n) is 7.58. The van der Waals surface area contributed by atoms with E-state index in [4.69, 9.17) is 5.73 Å². The molecule has 4 aromatic rings. The van der Waals surface area contributed by atoms with E-state index in [1.54, 1.807) is 30.3 Å². The summed E-state index contributed by atoms with van der Waals surface area (Å²) in [6.07, 6.45) is -5.46. The normalized spacial score (nSPS) is 16.0. The van der Waals surface area contributed by atoms with Gasteiger partial charge in [-0.05, 0) is 35.7 Å². The lowest BCUT2D eigenvalue weighted by molar-refractivity contribution is -0.138. The van der Waals surface area contributed by atoms with E-state index in [0.717, 1.165) is 24.3 Å². The summed E-state index contributed by atoms with van der Waals surface area (Å²) in [6.45, 7) is 1.92. The van der Waals surface area contributed by atoms with Crippen molar-refractivity contribution in [1.82, 2.24) is 4.57 Å². The van der Waals surface area contributed by atoms with Gasteiger partial charge in [0.15, 0.2) is 0 Å². The maximum atomic E-state index is 15.7. The first kappa shape index (κ1) is 29.9. The molecule has 1 aliphatic rings. The largest absolute Gasteiger partial charge is 0.416 e. The van der Waals surface area contributed by atoms with Crippen LogP contribution in [-0.2, 0) is 18.5 Å². The highest BCUT2D eigenvalue weighted by atomic mass is 32.2. The summed E-state index contributed by atoms with van der Waals surface area (Å²) >= 11 is 1.17. The van der Waals surface area contributed by atoms with Gasteiger partial charge in [-0.3, -0.25) is 9.36 Å². The molecule has 3 nitrogen and oxygen atoms in total. The van der Waals surface area contributed by atoms with Gasteiger partial charge in [-0.2, -0.15) is 13.2 Å². The number of hydrogen-bond donors (Lipinski definition) is 1. The van der Waals surface area contributed by atoms with Crippen LogP contribution in [0.1, 0.15) is 52.4 Å². The molecule has 0 amide bonds. The number of nitrogens with zero attached hydrogens (tertiary/aromatic N) is 1. The molecule has 0 bridgehead atoms. The molecule has 2 heterocycles. The van der Waals surface area contributed by atoms with Crippen molar-refractivity contribution in [3.8, 4) is 11.1 Å². The van der Waals surface area contributed by atoms with Gasteiger partial charge in [-0.1, -0.05) is 54.6 Å². The quantitative estimate of drug-likeness (QED) is 0.225. The van der Waals surface area contributed by atoms with Gasteiger partial charge in [0, 0.05) is 30.2 Å². The molecular weight excluding hydrogens is 581 g/mol. The number of pyridine rings is 1. The number of benzene rings is 3. The zero-order valence-corrected chi connectivity index (χ0v) is 23.2. The molecule has 2 atom stereocenters. The molecule has 2 N–H and O–H groups in total. The SMILES string of the molecule is Cc1c(Cc2c(F)cccc2C(F)(F)F)c2n(c(=O)c1-c1cccc(C(C)(F)F)c1F)[C@@H](C(N)c1ccccc1)CS2. The summed E-state index contributed by atoms with van der Waals surface area (Å²) in [7, 11) is 0. The summed E-state index contributed by atoms with van der Waals surface area (Å²) in [5.74, 6) is -5.75. The fourth-order valence-corrected chi connectivity index (χ4v) is 6.90. The molecule has 11 heteroatoms. The second kappa shape index (κ2) is 10.9. The molecule has 0 saturated carbocycles. The molecule has 0 fully saturated rings. The van der Waals surface area contributed by atoms with E-state index in [-0.39, 0.29) is 27.5 Å². The smallest absolute Gasteiger partial charge is 0.322 e. The first-order chi connectivity index (χ1) is 19.7. The minimum atomic E-state index is -4.87. The molecule has 1 aliphatic heterocycles. The van der Waals surface area contributed by atoms with Gasteiger partial charge in [0.05, 0.1) is 33.8 Å². The van der Waals surface area contributed by atoms with Crippen LogP contribution in [0.3, 0.4) is 0 Å². The van der Waals surface area contributed by atoms with Gasteiger partial charge < -0.3 is 5.73 Å². The highest BCUT2D eigenvalue weighted by Gasteiger charge is 2.38. The van der Waals surface area contributed by atoms with E-state index >= 15 is 4.39 Å². The van der Waals surface area contributed by atoms with E-state index in [0.29, 0.717) is 12.5 Å². The van der Waals surface area contributed by atoms with Gasteiger partial charge >= 0.3 is 6.18 Å². The maximum Gasteiger partial charge on any atom is 0.416 e. The Labute approximate surface area is 241 Å². The van der Waals surface area contributed by atoms with Crippen molar-refractivity contribution in [2.75, 3.05) is 5.75 Å². The van der Waals surface area contributed by atoms with Crippen molar-refractivity contribution in [2.24, 2.45) is 5.73 Å². The van der Waals surface area contributed by atoms with Crippen LogP contribution in [0.4, 0.5) is 30.7 Å². The Bertz CT molecular complexity index is 1710. The molecular formula is C31H25F7N2OS. The van der Waals surface area contributed by atoms with Crippen molar-refractivity contribution in [3.05, 3.63) is 122 Å². The molecule has 0 saturated heterocycles. The van der Waals surface area contributed by atoms with E-state index in [1.807, 2.05) is 0 Å². The average Bonchev–Trinajstić information content (AvgIpc) is 3.37. The van der Waals surface area contributed by atoms with E-state index < -0.39 is 70.1 Å². The van der Waals surface area contributed by atoms with Crippen LogP contribution in [0.2, 0.25) is 0 Å². The summed E-state index contributed by atoms with van der Waals surface area (Å²) < 4.78 is 102. The van der Waals surface area contributed by atoms with Gasteiger partial charge in [0.1, 0.15) is 11.6 Å². The number of thioether (sulfide) groups is 1. The van der Waals surface area contributed by atoms with Crippen molar-refractivity contribution < 1.29 is 30.7 Å². The van der Waals surface area contributed by atoms with Gasteiger partial charge in [-0.25, -0.2) is 17.6 Å². The van der Waals surface area contributed by atoms with Crippen LogP contribution in [0.5, 0.6) is 0 Å². The number of fused-ring (bicyclic) bond motifs is 1. The lowest BCUT2D eigenvalue weighted by atomic mass is 9.91. The Morgan fingerprint density at radius 1 is 0.929 bits per heavy atom. The Morgan fingerprint density at radius 2 is 1.57 bits per heavy atom. The van der Waals surface area contributed by atoms with Crippen LogP contribution >= 0.6 is 11.8 Å². The van der Waals surface area contributed by atoms with Gasteiger partial charge in [-0.15, -0.1) is 11.8 Å². The number of alkyl halides is 5. The number of hydrogen-bond acceptors (Lipinski definition) is 3. The Morgan fingerprint density at radius 3 is 2.21 bits per heavy atom. The fraction of sp³-hybridized carbons (Fsp3) is 0.258. The Kier molecular flexibility index (Phi) is 7.78. The van der Waals surface area contributed by atoms with Crippen LogP contribution < -0.4 is 11.3 Å². The maximum absolute atomic E-state index is 15.7. The highest BCUT2D eigenvalue weighted by Crippen LogP contribution is 2.45. The molecule has 42 heavy (non-hydrogen) atoms. The van der Waals surface area contributed by atoms with Crippen LogP contribution in [0.15, 0.2) is 76.6 Å². The molecule has 1 aromatic heterocycles. The lowest BCUT2D eigenvalue weighted by Gasteiger charge is -2.25. The fourth-order valence-electron chi connectivity index (χ4n) is 5.46. The Hall–Kier alpha value is -3.57. The summed E-state index contributed by atoms with van der Waals surface area (Å²) in [4.78, 5) is 14.1. The van der Waals surface area contributed by atoms with Crippen molar-refractivity contribution in [1.29, 1.82) is 0 Å². The Balaban J connectivity index is 1.80. The van der Waals surface area contributed by atoms with Crippen molar-refractivity contribution >= 4 is 11.8 Å². The average molecular weight is 607 g/mol. The number of rotatable bonds is 6. The lowest BCUT2D eigenvalue weighted by Crippen LogP contribution is -2.33. The van der Waals surface area contributed by atoms with Crippen LogP contribution in [0, 0.1) is 18.6 Å². The predicted molar refractivity (Wildman–Crippen MR) is 148 cm³/mol. The van der Waals surface area contributed by atoms with E-state index in [2.05, 4.69) is 0 Å². The van der Waals surface area contributed by atoms with Crippen molar-refractivity contribution in [3.63, 3.8) is 0 Å². The summed E-state index contributed by atoms with van der Waals surface area (Å²) in [5, 5.41) is 0.270. The summed E-state index contributed by atoms with van der Waals surface area (Å²) in [5.41, 5.74) is 3.25. The van der Waals surface area contributed by atoms with E-state index in [9.17, 15) is 31.1 Å². The summed E-state index contributed by atoms with van der Waals surface area (Å²) in [6, 6.07) is 13.2. The predicted octanol–water partition coefficient (Wildman–Crippen LogP) is 8.17. The van der Waals surface area contributed by atoms with Crippen LogP contribution in [0.25, 0.3) is 11.1 Å². The second-order valence-corrected chi connectivity index (χ2v) is 11.3. The molecule has 220 valence electrons. The topological polar surface area (TPSA) is 48.0 Å². The molecule has 0 spiro atoms. The third-order valence-corrected chi connectivity index (χ3v) is 8.80. The first-order valence-corrected chi connectivity index (χ1v) is 13.9. The minimum Gasteiger partial charge on any atom is -0.322 e. The monoisotopic (exact) mass is 606 g/mol. The molecule has 1 unspecified atom stereocenters. The third kappa shape index (κ3) is 5.24. The number of halogens is 7. The molecule has 0 radical (unpaired) electrons. The molecule has 5 rings (SSSR count). The standard InChI is InChI=1S/C31H25F7N2OS/c1-16-19(14-20-21(31(36,37)38)11-7-13-23(20)32)29-40(24(15-42-29)27(39)17-8-4-3-5-9-17)28(41)25(16)18-10-6-12-22(26(18)33)30(2,34)35/h3-13,24,27H,14-15,39H2,1-2H3/t24-,27?/m1/s1. The van der Waals surface area contributed by atoms with Crippen LogP contribution in [-0.4, -0.2) is 10.3 Å². The highest BCUT2D eigenvalue weighted by molar-refractivity contribution is 7.99. The number of aromatic nitrogens is 1. The van der Waals surface area contributed by atoms with Gasteiger partial charge in [0.25, 0.3) is 11.5 Å². The molecule has 0 aliphatic carbocycles. The second-order valence-electron chi connectivity index (χ2n) is 10.3. The molecule has 3 aromatic carbocycles. The zero-order valence-electron chi connectivity index (χ0n) is 22.4. The van der Waals surface area contributed by atoms with Gasteiger partial charge in [0.2, 0.25) is 0 Å². The minimum absolute atomic E-state index is 0.0690.